The average Bonchev–Trinajstić information content (AvgIpc) is 2.51. The number of thioether (sulfide) groups is 1. The maximum atomic E-state index is 6.35. The molecule has 0 saturated carbocycles. The van der Waals surface area contributed by atoms with Gasteiger partial charge in [0.2, 0.25) is 0 Å². The van der Waals surface area contributed by atoms with Crippen LogP contribution in [0.15, 0.2) is 47.4 Å². The third kappa shape index (κ3) is 3.93. The van der Waals surface area contributed by atoms with Gasteiger partial charge in [-0.1, -0.05) is 23.8 Å². The van der Waals surface area contributed by atoms with Crippen LogP contribution in [-0.4, -0.2) is 20.0 Å². The van der Waals surface area contributed by atoms with Gasteiger partial charge in [0.15, 0.2) is 0 Å². The fourth-order valence-corrected chi connectivity index (χ4v) is 3.20. The minimum absolute atomic E-state index is 0.151. The molecule has 0 amide bonds. The second-order valence-electron chi connectivity index (χ2n) is 4.81. The molecule has 2 rings (SSSR count). The van der Waals surface area contributed by atoms with Crippen LogP contribution in [0.25, 0.3) is 0 Å². The van der Waals surface area contributed by atoms with Gasteiger partial charge in [-0.3, -0.25) is 0 Å². The Hall–Kier alpha value is -1.65. The van der Waals surface area contributed by atoms with Crippen molar-refractivity contribution in [3.63, 3.8) is 0 Å². The van der Waals surface area contributed by atoms with E-state index in [2.05, 4.69) is 31.2 Å². The van der Waals surface area contributed by atoms with E-state index in [-0.39, 0.29) is 6.04 Å². The number of rotatable bonds is 6. The lowest BCUT2D eigenvalue weighted by atomic mass is 10.1. The summed E-state index contributed by atoms with van der Waals surface area (Å²) in [5.41, 5.74) is 8.53. The largest absolute Gasteiger partial charge is 0.496 e. The van der Waals surface area contributed by atoms with Gasteiger partial charge < -0.3 is 15.2 Å². The van der Waals surface area contributed by atoms with E-state index in [0.717, 1.165) is 22.8 Å². The summed E-state index contributed by atoms with van der Waals surface area (Å²) in [5.74, 6) is 2.30. The number of hydrogen-bond acceptors (Lipinski definition) is 4. The van der Waals surface area contributed by atoms with Crippen molar-refractivity contribution in [3.05, 3.63) is 53.6 Å². The van der Waals surface area contributed by atoms with Crippen molar-refractivity contribution in [2.45, 2.75) is 17.9 Å². The van der Waals surface area contributed by atoms with Gasteiger partial charge in [0, 0.05) is 16.7 Å². The molecular formula is C17H21NO2S. The molecule has 4 heteroatoms. The molecule has 2 aromatic carbocycles. The van der Waals surface area contributed by atoms with E-state index in [0.29, 0.717) is 0 Å². The highest BCUT2D eigenvalue weighted by Gasteiger charge is 2.17. The predicted octanol–water partition coefficient (Wildman–Crippen LogP) is 3.80. The second-order valence-corrected chi connectivity index (χ2v) is 5.90. The first-order chi connectivity index (χ1) is 10.2. The maximum Gasteiger partial charge on any atom is 0.127 e. The van der Waals surface area contributed by atoms with E-state index < -0.39 is 0 Å². The Bertz CT molecular complexity index is 579. The summed E-state index contributed by atoms with van der Waals surface area (Å²) < 4.78 is 10.8. The van der Waals surface area contributed by atoms with Crippen LogP contribution in [0.2, 0.25) is 0 Å². The Morgan fingerprint density at radius 2 is 1.67 bits per heavy atom. The van der Waals surface area contributed by atoms with Crippen LogP contribution in [0.4, 0.5) is 0 Å². The smallest absolute Gasteiger partial charge is 0.127 e. The SMILES string of the molecule is COc1cccc(OC)c1C(N)CSc1cccc(C)c1. The van der Waals surface area contributed by atoms with Crippen LogP contribution in [0.5, 0.6) is 11.5 Å². The Labute approximate surface area is 130 Å². The molecule has 0 bridgehead atoms. The molecule has 0 saturated heterocycles. The van der Waals surface area contributed by atoms with Crippen molar-refractivity contribution in [1.82, 2.24) is 0 Å². The van der Waals surface area contributed by atoms with Gasteiger partial charge >= 0.3 is 0 Å². The molecule has 0 aliphatic heterocycles. The minimum Gasteiger partial charge on any atom is -0.496 e. The zero-order valence-corrected chi connectivity index (χ0v) is 13.4. The zero-order chi connectivity index (χ0) is 15.2. The van der Waals surface area contributed by atoms with Gasteiger partial charge in [-0.05, 0) is 31.2 Å². The normalized spacial score (nSPS) is 12.0. The third-order valence-corrected chi connectivity index (χ3v) is 4.37. The summed E-state index contributed by atoms with van der Waals surface area (Å²) in [5, 5.41) is 0. The van der Waals surface area contributed by atoms with Gasteiger partial charge in [0.25, 0.3) is 0 Å². The molecular weight excluding hydrogens is 282 g/mol. The quantitative estimate of drug-likeness (QED) is 0.824. The minimum atomic E-state index is -0.151. The van der Waals surface area contributed by atoms with Gasteiger partial charge in [0.1, 0.15) is 11.5 Å². The van der Waals surface area contributed by atoms with Crippen molar-refractivity contribution in [1.29, 1.82) is 0 Å². The molecule has 0 spiro atoms. The molecule has 3 nitrogen and oxygen atoms in total. The van der Waals surface area contributed by atoms with E-state index in [1.165, 1.54) is 10.5 Å². The molecule has 0 radical (unpaired) electrons. The van der Waals surface area contributed by atoms with E-state index in [1.807, 2.05) is 18.2 Å². The summed E-state index contributed by atoms with van der Waals surface area (Å²) >= 11 is 1.74. The lowest BCUT2D eigenvalue weighted by Gasteiger charge is -2.18. The predicted molar refractivity (Wildman–Crippen MR) is 88.4 cm³/mol. The molecule has 0 aliphatic rings. The van der Waals surface area contributed by atoms with Crippen LogP contribution >= 0.6 is 11.8 Å². The summed E-state index contributed by atoms with van der Waals surface area (Å²) in [7, 11) is 3.30. The van der Waals surface area contributed by atoms with Gasteiger partial charge in [-0.25, -0.2) is 0 Å². The van der Waals surface area contributed by atoms with Gasteiger partial charge in [-0.2, -0.15) is 0 Å². The monoisotopic (exact) mass is 303 g/mol. The van der Waals surface area contributed by atoms with Crippen molar-refractivity contribution < 1.29 is 9.47 Å². The number of ether oxygens (including phenoxy) is 2. The fourth-order valence-electron chi connectivity index (χ4n) is 2.22. The molecule has 112 valence electrons. The van der Waals surface area contributed by atoms with E-state index in [9.17, 15) is 0 Å². The Morgan fingerprint density at radius 3 is 2.24 bits per heavy atom. The van der Waals surface area contributed by atoms with Crippen LogP contribution in [0.3, 0.4) is 0 Å². The lowest BCUT2D eigenvalue weighted by Crippen LogP contribution is -2.15. The van der Waals surface area contributed by atoms with Crippen molar-refractivity contribution in [3.8, 4) is 11.5 Å². The summed E-state index contributed by atoms with van der Waals surface area (Å²) in [6.07, 6.45) is 0. The van der Waals surface area contributed by atoms with E-state index in [4.69, 9.17) is 15.2 Å². The standard InChI is InChI=1S/C17H21NO2S/c1-12-6-4-7-13(10-12)21-11-14(18)17-15(19-2)8-5-9-16(17)20-3/h4-10,14H,11,18H2,1-3H3. The molecule has 0 aliphatic carbocycles. The lowest BCUT2D eigenvalue weighted by molar-refractivity contribution is 0.381. The van der Waals surface area contributed by atoms with Crippen LogP contribution < -0.4 is 15.2 Å². The number of hydrogen-bond donors (Lipinski definition) is 1. The Balaban J connectivity index is 2.15. The van der Waals surface area contributed by atoms with Crippen molar-refractivity contribution >= 4 is 11.8 Å². The van der Waals surface area contributed by atoms with Crippen LogP contribution in [0, 0.1) is 6.92 Å². The van der Waals surface area contributed by atoms with Crippen molar-refractivity contribution in [2.75, 3.05) is 20.0 Å². The van der Waals surface area contributed by atoms with E-state index >= 15 is 0 Å². The highest BCUT2D eigenvalue weighted by molar-refractivity contribution is 7.99. The van der Waals surface area contributed by atoms with Gasteiger partial charge in [-0.15, -0.1) is 11.8 Å². The highest BCUT2D eigenvalue weighted by atomic mass is 32.2. The number of benzene rings is 2. The summed E-state index contributed by atoms with van der Waals surface area (Å²) in [6.45, 7) is 2.09. The average molecular weight is 303 g/mol. The Kier molecular flexibility index (Phi) is 5.53. The van der Waals surface area contributed by atoms with Gasteiger partial charge in [0.05, 0.1) is 19.8 Å². The molecule has 21 heavy (non-hydrogen) atoms. The van der Waals surface area contributed by atoms with Crippen molar-refractivity contribution in [2.24, 2.45) is 5.73 Å². The number of nitrogens with two attached hydrogens (primary N) is 1. The molecule has 2 aromatic rings. The topological polar surface area (TPSA) is 44.5 Å². The third-order valence-electron chi connectivity index (χ3n) is 3.26. The first-order valence-electron chi connectivity index (χ1n) is 6.81. The summed E-state index contributed by atoms with van der Waals surface area (Å²) in [6, 6.07) is 14.0. The maximum absolute atomic E-state index is 6.35. The number of aryl methyl sites for hydroxylation is 1. The zero-order valence-electron chi connectivity index (χ0n) is 12.6. The molecule has 1 unspecified atom stereocenters. The Morgan fingerprint density at radius 1 is 1.05 bits per heavy atom. The van der Waals surface area contributed by atoms with Crippen LogP contribution in [-0.2, 0) is 0 Å². The summed E-state index contributed by atoms with van der Waals surface area (Å²) in [4.78, 5) is 1.22. The molecule has 1 atom stereocenters. The molecule has 0 fully saturated rings. The van der Waals surface area contributed by atoms with Crippen LogP contribution in [0.1, 0.15) is 17.2 Å². The molecule has 0 aromatic heterocycles. The fraction of sp³-hybridized carbons (Fsp3) is 0.294. The first kappa shape index (κ1) is 15.7. The second kappa shape index (κ2) is 7.38. The number of methoxy groups -OCH3 is 2. The molecule has 0 heterocycles. The van der Waals surface area contributed by atoms with E-state index in [1.54, 1.807) is 26.0 Å². The highest BCUT2D eigenvalue weighted by Crippen LogP contribution is 2.35. The first-order valence-corrected chi connectivity index (χ1v) is 7.80. The molecule has 2 N–H and O–H groups in total.